The van der Waals surface area contributed by atoms with Crippen LogP contribution in [0.5, 0.6) is 0 Å². The van der Waals surface area contributed by atoms with Crippen LogP contribution in [-0.2, 0) is 0 Å². The molecule has 0 aliphatic heterocycles. The van der Waals surface area contributed by atoms with Crippen LogP contribution in [0.15, 0.2) is 29.2 Å². The smallest absolute Gasteiger partial charge is 0.269 e. The molecule has 0 fully saturated rings. The van der Waals surface area contributed by atoms with E-state index in [0.717, 1.165) is 4.90 Å². The summed E-state index contributed by atoms with van der Waals surface area (Å²) in [6, 6.07) is 5.91. The van der Waals surface area contributed by atoms with Gasteiger partial charge in [0.1, 0.15) is 0 Å². The van der Waals surface area contributed by atoms with Crippen molar-refractivity contribution in [2.24, 2.45) is 0 Å². The number of nitro groups is 1. The lowest BCUT2D eigenvalue weighted by Gasteiger charge is -2.02. The molecule has 0 aliphatic rings. The van der Waals surface area contributed by atoms with Gasteiger partial charge < -0.3 is 10.2 Å². The van der Waals surface area contributed by atoms with Crippen molar-refractivity contribution in [2.75, 3.05) is 5.75 Å². The molecule has 0 saturated carbocycles. The fourth-order valence-electron chi connectivity index (χ4n) is 0.835. The Morgan fingerprint density at radius 3 is 2.36 bits per heavy atom. The van der Waals surface area contributed by atoms with Crippen LogP contribution in [0.2, 0.25) is 0 Å². The van der Waals surface area contributed by atoms with Gasteiger partial charge in [-0.15, -0.1) is 11.8 Å². The van der Waals surface area contributed by atoms with Crippen molar-refractivity contribution < 1.29 is 15.1 Å². The molecule has 0 aromatic heterocycles. The minimum atomic E-state index is -1.37. The van der Waals surface area contributed by atoms with E-state index in [4.69, 9.17) is 10.2 Å². The maximum absolute atomic E-state index is 10.3. The van der Waals surface area contributed by atoms with Crippen LogP contribution in [-0.4, -0.2) is 27.2 Å². The van der Waals surface area contributed by atoms with Crippen LogP contribution in [0.25, 0.3) is 0 Å². The molecule has 14 heavy (non-hydrogen) atoms. The molecule has 0 spiro atoms. The van der Waals surface area contributed by atoms with E-state index in [1.807, 2.05) is 0 Å². The van der Waals surface area contributed by atoms with Gasteiger partial charge in [0, 0.05) is 22.8 Å². The van der Waals surface area contributed by atoms with Crippen molar-refractivity contribution in [3.05, 3.63) is 34.4 Å². The van der Waals surface area contributed by atoms with Crippen molar-refractivity contribution >= 4 is 17.4 Å². The number of non-ortho nitro benzene ring substituents is 1. The van der Waals surface area contributed by atoms with Crippen LogP contribution >= 0.6 is 11.8 Å². The first-order chi connectivity index (χ1) is 6.59. The summed E-state index contributed by atoms with van der Waals surface area (Å²) in [5.41, 5.74) is 0.0268. The van der Waals surface area contributed by atoms with Gasteiger partial charge in [0.15, 0.2) is 6.29 Å². The summed E-state index contributed by atoms with van der Waals surface area (Å²) in [4.78, 5) is 10.6. The van der Waals surface area contributed by atoms with Crippen LogP contribution in [0.3, 0.4) is 0 Å². The zero-order valence-electron chi connectivity index (χ0n) is 7.16. The first kappa shape index (κ1) is 11.0. The molecular formula is C8H9NO4S. The van der Waals surface area contributed by atoms with Gasteiger partial charge in [0.05, 0.1) is 4.92 Å². The SMILES string of the molecule is O=[N+]([O-])c1ccc(SCC(O)O)cc1. The maximum atomic E-state index is 10.3. The molecular weight excluding hydrogens is 206 g/mol. The second kappa shape index (κ2) is 4.94. The van der Waals surface area contributed by atoms with Crippen molar-refractivity contribution in [1.29, 1.82) is 0 Å². The summed E-state index contributed by atoms with van der Waals surface area (Å²) in [7, 11) is 0. The van der Waals surface area contributed by atoms with E-state index in [1.165, 1.54) is 23.9 Å². The van der Waals surface area contributed by atoms with Crippen LogP contribution in [0, 0.1) is 10.1 Å². The quantitative estimate of drug-likeness (QED) is 0.339. The van der Waals surface area contributed by atoms with E-state index < -0.39 is 11.2 Å². The Kier molecular flexibility index (Phi) is 3.87. The number of aliphatic hydroxyl groups is 2. The highest BCUT2D eigenvalue weighted by Gasteiger charge is 2.05. The summed E-state index contributed by atoms with van der Waals surface area (Å²) in [6.45, 7) is 0. The highest BCUT2D eigenvalue weighted by Crippen LogP contribution is 2.21. The van der Waals surface area contributed by atoms with Gasteiger partial charge in [-0.1, -0.05) is 0 Å². The first-order valence-electron chi connectivity index (χ1n) is 3.83. The van der Waals surface area contributed by atoms with E-state index in [1.54, 1.807) is 12.1 Å². The Morgan fingerprint density at radius 1 is 1.36 bits per heavy atom. The summed E-state index contributed by atoms with van der Waals surface area (Å²) in [5.74, 6) is 0.151. The average Bonchev–Trinajstić information content (AvgIpc) is 2.15. The van der Waals surface area contributed by atoms with E-state index in [9.17, 15) is 10.1 Å². The number of thioether (sulfide) groups is 1. The van der Waals surface area contributed by atoms with Crippen LogP contribution in [0.4, 0.5) is 5.69 Å². The normalized spacial score (nSPS) is 10.5. The summed E-state index contributed by atoms with van der Waals surface area (Å²) in [5, 5.41) is 27.5. The van der Waals surface area contributed by atoms with Crippen molar-refractivity contribution in [2.45, 2.75) is 11.2 Å². The zero-order valence-corrected chi connectivity index (χ0v) is 7.98. The summed E-state index contributed by atoms with van der Waals surface area (Å²) < 4.78 is 0. The number of hydrogen-bond acceptors (Lipinski definition) is 5. The monoisotopic (exact) mass is 215 g/mol. The number of nitrogens with zero attached hydrogens (tertiary/aromatic N) is 1. The average molecular weight is 215 g/mol. The molecule has 0 unspecified atom stereocenters. The summed E-state index contributed by atoms with van der Waals surface area (Å²) in [6.07, 6.45) is -1.37. The number of benzene rings is 1. The molecule has 6 heteroatoms. The Bertz CT molecular complexity index is 312. The minimum Gasteiger partial charge on any atom is -0.367 e. The molecule has 0 aliphatic carbocycles. The molecule has 1 aromatic carbocycles. The lowest BCUT2D eigenvalue weighted by atomic mass is 10.3. The van der Waals surface area contributed by atoms with Crippen LogP contribution in [0.1, 0.15) is 0 Å². The maximum Gasteiger partial charge on any atom is 0.269 e. The number of hydrogen-bond donors (Lipinski definition) is 2. The van der Waals surface area contributed by atoms with Crippen LogP contribution < -0.4 is 0 Å². The molecule has 0 saturated heterocycles. The molecule has 2 N–H and O–H groups in total. The first-order valence-corrected chi connectivity index (χ1v) is 4.81. The third-order valence-corrected chi connectivity index (χ3v) is 2.52. The molecule has 76 valence electrons. The predicted octanol–water partition coefficient (Wildman–Crippen LogP) is 0.998. The van der Waals surface area contributed by atoms with E-state index in [-0.39, 0.29) is 11.4 Å². The molecule has 1 rings (SSSR count). The molecule has 0 atom stereocenters. The Hall–Kier alpha value is -1.11. The van der Waals surface area contributed by atoms with E-state index >= 15 is 0 Å². The highest BCUT2D eigenvalue weighted by molar-refractivity contribution is 7.99. The Balaban J connectivity index is 2.60. The zero-order chi connectivity index (χ0) is 10.6. The van der Waals surface area contributed by atoms with Crippen molar-refractivity contribution in [1.82, 2.24) is 0 Å². The van der Waals surface area contributed by atoms with Crippen molar-refractivity contribution in [3.63, 3.8) is 0 Å². The lowest BCUT2D eigenvalue weighted by Crippen LogP contribution is -2.06. The number of rotatable bonds is 4. The third-order valence-electron chi connectivity index (χ3n) is 1.45. The Labute approximate surface area is 84.5 Å². The second-order valence-electron chi connectivity index (χ2n) is 2.54. The fraction of sp³-hybridized carbons (Fsp3) is 0.250. The molecule has 0 radical (unpaired) electrons. The van der Waals surface area contributed by atoms with Gasteiger partial charge in [-0.05, 0) is 12.1 Å². The van der Waals surface area contributed by atoms with E-state index in [2.05, 4.69) is 0 Å². The molecule has 0 amide bonds. The number of nitro benzene ring substituents is 1. The molecule has 5 nitrogen and oxygen atoms in total. The highest BCUT2D eigenvalue weighted by atomic mass is 32.2. The Morgan fingerprint density at radius 2 is 1.93 bits per heavy atom. The minimum absolute atomic E-state index is 0.0268. The van der Waals surface area contributed by atoms with Gasteiger partial charge >= 0.3 is 0 Å². The largest absolute Gasteiger partial charge is 0.367 e. The van der Waals surface area contributed by atoms with Gasteiger partial charge in [-0.2, -0.15) is 0 Å². The second-order valence-corrected chi connectivity index (χ2v) is 3.64. The topological polar surface area (TPSA) is 83.6 Å². The third kappa shape index (κ3) is 3.33. The van der Waals surface area contributed by atoms with Gasteiger partial charge in [-0.25, -0.2) is 0 Å². The van der Waals surface area contributed by atoms with E-state index in [0.29, 0.717) is 0 Å². The van der Waals surface area contributed by atoms with Gasteiger partial charge in [0.2, 0.25) is 0 Å². The summed E-state index contributed by atoms with van der Waals surface area (Å²) >= 11 is 1.23. The predicted molar refractivity (Wildman–Crippen MR) is 52.0 cm³/mol. The number of aliphatic hydroxyl groups excluding tert-OH is 1. The van der Waals surface area contributed by atoms with Gasteiger partial charge in [-0.3, -0.25) is 10.1 Å². The lowest BCUT2D eigenvalue weighted by molar-refractivity contribution is -0.384. The van der Waals surface area contributed by atoms with Gasteiger partial charge in [0.25, 0.3) is 5.69 Å². The molecule has 0 heterocycles. The standard InChI is InChI=1S/C8H9NO4S/c10-8(11)5-14-7-3-1-6(2-4-7)9(12)13/h1-4,8,10-11H,5H2. The molecule has 1 aromatic rings. The molecule has 0 bridgehead atoms. The van der Waals surface area contributed by atoms with Crippen molar-refractivity contribution in [3.8, 4) is 0 Å². The fourth-order valence-corrected chi connectivity index (χ4v) is 1.50.